The van der Waals surface area contributed by atoms with Crippen LogP contribution in [0.3, 0.4) is 0 Å². The van der Waals surface area contributed by atoms with Gasteiger partial charge in [-0.3, -0.25) is 9.67 Å². The van der Waals surface area contributed by atoms with E-state index < -0.39 is 0 Å². The van der Waals surface area contributed by atoms with Crippen molar-refractivity contribution in [1.29, 1.82) is 0 Å². The molecular weight excluding hydrogens is 388 g/mol. The van der Waals surface area contributed by atoms with Crippen LogP contribution in [0, 0.1) is 13.8 Å². The van der Waals surface area contributed by atoms with Crippen molar-refractivity contribution in [3.05, 3.63) is 70.3 Å². The molecule has 29 heavy (non-hydrogen) atoms. The van der Waals surface area contributed by atoms with Crippen LogP contribution in [-0.2, 0) is 6.42 Å². The van der Waals surface area contributed by atoms with Gasteiger partial charge in [0, 0.05) is 36.1 Å². The molecule has 3 rings (SSSR count). The van der Waals surface area contributed by atoms with Gasteiger partial charge in [-0.1, -0.05) is 28.9 Å². The predicted octanol–water partition coefficient (Wildman–Crippen LogP) is 3.53. The highest BCUT2D eigenvalue weighted by molar-refractivity contribution is 6.30. The Balaban J connectivity index is 1.69. The fourth-order valence-electron chi connectivity index (χ4n) is 3.18. The van der Waals surface area contributed by atoms with E-state index in [9.17, 15) is 0 Å². The third-order valence-corrected chi connectivity index (χ3v) is 4.97. The van der Waals surface area contributed by atoms with Crippen molar-refractivity contribution in [2.75, 3.05) is 19.6 Å². The zero-order valence-corrected chi connectivity index (χ0v) is 17.8. The second-order valence-corrected chi connectivity index (χ2v) is 7.19. The lowest BCUT2D eigenvalue weighted by Gasteiger charge is -2.18. The van der Waals surface area contributed by atoms with E-state index in [1.807, 2.05) is 55.1 Å². The number of rotatable bonds is 8. The van der Waals surface area contributed by atoms with Crippen molar-refractivity contribution in [3.8, 4) is 0 Å². The Labute approximate surface area is 176 Å². The number of aromatic nitrogens is 3. The summed E-state index contributed by atoms with van der Waals surface area (Å²) in [6.07, 6.45) is 4.55. The van der Waals surface area contributed by atoms with Gasteiger partial charge in [-0.2, -0.15) is 5.10 Å². The molecule has 1 aromatic carbocycles. The molecule has 2 heterocycles. The SMILES string of the molecule is CCNC(=NCC(c1ccc(Cl)cc1)n1cccn1)NCCc1c(C)noc1C. The summed E-state index contributed by atoms with van der Waals surface area (Å²) >= 11 is 6.05. The Morgan fingerprint density at radius 3 is 2.66 bits per heavy atom. The maximum atomic E-state index is 6.05. The predicted molar refractivity (Wildman–Crippen MR) is 115 cm³/mol. The number of nitrogens with one attached hydrogen (secondary N) is 2. The largest absolute Gasteiger partial charge is 0.361 e. The van der Waals surface area contributed by atoms with Gasteiger partial charge in [0.25, 0.3) is 0 Å². The maximum Gasteiger partial charge on any atom is 0.191 e. The molecule has 0 amide bonds. The summed E-state index contributed by atoms with van der Waals surface area (Å²) in [7, 11) is 0. The molecule has 0 saturated carbocycles. The van der Waals surface area contributed by atoms with E-state index in [0.29, 0.717) is 11.6 Å². The third kappa shape index (κ3) is 5.60. The normalized spacial score (nSPS) is 12.8. The Hall–Kier alpha value is -2.80. The summed E-state index contributed by atoms with van der Waals surface area (Å²) in [5, 5.41) is 15.8. The van der Waals surface area contributed by atoms with Gasteiger partial charge in [-0.25, -0.2) is 0 Å². The maximum absolute atomic E-state index is 6.05. The smallest absolute Gasteiger partial charge is 0.191 e. The molecule has 154 valence electrons. The van der Waals surface area contributed by atoms with Crippen molar-refractivity contribution in [2.45, 2.75) is 33.2 Å². The van der Waals surface area contributed by atoms with Gasteiger partial charge in [0.1, 0.15) is 5.76 Å². The molecule has 0 radical (unpaired) electrons. The summed E-state index contributed by atoms with van der Waals surface area (Å²) in [4.78, 5) is 4.79. The first-order chi connectivity index (χ1) is 14.1. The molecule has 0 fully saturated rings. The van der Waals surface area contributed by atoms with E-state index in [4.69, 9.17) is 21.1 Å². The molecule has 0 aliphatic carbocycles. The number of hydrogen-bond acceptors (Lipinski definition) is 4. The highest BCUT2D eigenvalue weighted by atomic mass is 35.5. The number of hydrogen-bond donors (Lipinski definition) is 2. The average Bonchev–Trinajstić information content (AvgIpc) is 3.35. The fourth-order valence-corrected chi connectivity index (χ4v) is 3.30. The minimum absolute atomic E-state index is 0.0136. The van der Waals surface area contributed by atoms with Crippen LogP contribution in [0.4, 0.5) is 0 Å². The Morgan fingerprint density at radius 2 is 2.03 bits per heavy atom. The number of aliphatic imine (C=N–C) groups is 1. The molecule has 8 heteroatoms. The number of guanidine groups is 1. The van der Waals surface area contributed by atoms with Crippen molar-refractivity contribution in [1.82, 2.24) is 25.6 Å². The number of halogens is 1. The summed E-state index contributed by atoms with van der Waals surface area (Å²) in [6, 6.07) is 9.72. The number of aryl methyl sites for hydroxylation is 2. The van der Waals surface area contributed by atoms with Crippen LogP contribution in [-0.4, -0.2) is 40.5 Å². The lowest BCUT2D eigenvalue weighted by molar-refractivity contribution is 0.392. The summed E-state index contributed by atoms with van der Waals surface area (Å²) < 4.78 is 7.15. The molecular formula is C21H27ClN6O. The van der Waals surface area contributed by atoms with E-state index in [-0.39, 0.29) is 6.04 Å². The zero-order valence-electron chi connectivity index (χ0n) is 17.0. The lowest BCUT2D eigenvalue weighted by atomic mass is 10.1. The molecule has 7 nitrogen and oxygen atoms in total. The molecule has 0 aliphatic heterocycles. The number of benzene rings is 1. The molecule has 0 saturated heterocycles. The molecule has 2 aromatic heterocycles. The van der Waals surface area contributed by atoms with Gasteiger partial charge in [-0.05, 0) is 51.0 Å². The standard InChI is InChI=1S/C21H27ClN6O/c1-4-23-21(24-12-10-19-15(2)27-29-16(19)3)25-14-20(28-13-5-11-26-28)17-6-8-18(22)9-7-17/h5-9,11,13,20H,4,10,12,14H2,1-3H3,(H2,23,24,25). The molecule has 1 atom stereocenters. The lowest BCUT2D eigenvalue weighted by Crippen LogP contribution is -2.39. The van der Waals surface area contributed by atoms with Gasteiger partial charge in [-0.15, -0.1) is 0 Å². The van der Waals surface area contributed by atoms with Crippen molar-refractivity contribution >= 4 is 17.6 Å². The fraction of sp³-hybridized carbons (Fsp3) is 0.381. The average molecular weight is 415 g/mol. The van der Waals surface area contributed by atoms with Crippen LogP contribution in [0.1, 0.15) is 35.5 Å². The highest BCUT2D eigenvalue weighted by Crippen LogP contribution is 2.20. The van der Waals surface area contributed by atoms with Crippen molar-refractivity contribution in [2.24, 2.45) is 4.99 Å². The molecule has 1 unspecified atom stereocenters. The second-order valence-electron chi connectivity index (χ2n) is 6.75. The molecule has 0 bridgehead atoms. The van der Waals surface area contributed by atoms with E-state index in [1.165, 1.54) is 0 Å². The number of nitrogens with zero attached hydrogens (tertiary/aromatic N) is 4. The first-order valence-electron chi connectivity index (χ1n) is 9.77. The summed E-state index contributed by atoms with van der Waals surface area (Å²) in [5.74, 6) is 1.64. The van der Waals surface area contributed by atoms with E-state index in [0.717, 1.165) is 48.1 Å². The van der Waals surface area contributed by atoms with Gasteiger partial charge < -0.3 is 15.2 Å². The molecule has 2 N–H and O–H groups in total. The second kappa shape index (κ2) is 10.1. The Morgan fingerprint density at radius 1 is 1.24 bits per heavy atom. The molecule has 0 aliphatic rings. The van der Waals surface area contributed by atoms with E-state index >= 15 is 0 Å². The Kier molecular flexibility index (Phi) is 7.30. The quantitative estimate of drug-likeness (QED) is 0.435. The van der Waals surface area contributed by atoms with Crippen molar-refractivity contribution in [3.63, 3.8) is 0 Å². The van der Waals surface area contributed by atoms with E-state index in [1.54, 1.807) is 6.20 Å². The monoisotopic (exact) mass is 414 g/mol. The van der Waals surface area contributed by atoms with Gasteiger partial charge in [0.05, 0.1) is 18.3 Å². The highest BCUT2D eigenvalue weighted by Gasteiger charge is 2.14. The van der Waals surface area contributed by atoms with Crippen LogP contribution in [0.5, 0.6) is 0 Å². The van der Waals surface area contributed by atoms with Gasteiger partial charge in [0.2, 0.25) is 0 Å². The van der Waals surface area contributed by atoms with Crippen LogP contribution < -0.4 is 10.6 Å². The zero-order chi connectivity index (χ0) is 20.6. The van der Waals surface area contributed by atoms with E-state index in [2.05, 4.69) is 27.8 Å². The minimum atomic E-state index is -0.0136. The Bertz CT molecular complexity index is 898. The molecule has 3 aromatic rings. The first kappa shape index (κ1) is 20.9. The van der Waals surface area contributed by atoms with Gasteiger partial charge in [0.15, 0.2) is 5.96 Å². The van der Waals surface area contributed by atoms with Crippen LogP contribution in [0.2, 0.25) is 5.02 Å². The molecule has 0 spiro atoms. The van der Waals surface area contributed by atoms with Crippen LogP contribution in [0.25, 0.3) is 0 Å². The minimum Gasteiger partial charge on any atom is -0.361 e. The van der Waals surface area contributed by atoms with Crippen LogP contribution in [0.15, 0.2) is 52.2 Å². The summed E-state index contributed by atoms with van der Waals surface area (Å²) in [6.45, 7) is 8.02. The topological polar surface area (TPSA) is 80.3 Å². The third-order valence-electron chi connectivity index (χ3n) is 4.71. The van der Waals surface area contributed by atoms with Crippen molar-refractivity contribution < 1.29 is 4.52 Å². The first-order valence-corrected chi connectivity index (χ1v) is 10.1. The van der Waals surface area contributed by atoms with Gasteiger partial charge >= 0.3 is 0 Å². The summed E-state index contributed by atoms with van der Waals surface area (Å²) in [5.41, 5.74) is 3.19. The van der Waals surface area contributed by atoms with Crippen LogP contribution >= 0.6 is 11.6 Å².